The summed E-state index contributed by atoms with van der Waals surface area (Å²) in [6.07, 6.45) is 8.43. The summed E-state index contributed by atoms with van der Waals surface area (Å²) < 4.78 is 0. The van der Waals surface area contributed by atoms with Gasteiger partial charge in [0.2, 0.25) is 0 Å². The van der Waals surface area contributed by atoms with Gasteiger partial charge in [-0.25, -0.2) is 9.97 Å². The highest BCUT2D eigenvalue weighted by Gasteiger charge is 2.35. The molecule has 6 nitrogen and oxygen atoms in total. The number of aromatic amines is 1. The Morgan fingerprint density at radius 1 is 1.32 bits per heavy atom. The van der Waals surface area contributed by atoms with Crippen molar-refractivity contribution in [1.82, 2.24) is 19.9 Å². The maximum absolute atomic E-state index is 9.13. The number of hydrogen-bond acceptors (Lipinski definition) is 5. The fourth-order valence-corrected chi connectivity index (χ4v) is 3.67. The van der Waals surface area contributed by atoms with Gasteiger partial charge in [-0.3, -0.25) is 4.90 Å². The third kappa shape index (κ3) is 2.22. The van der Waals surface area contributed by atoms with E-state index in [9.17, 15) is 0 Å². The van der Waals surface area contributed by atoms with Gasteiger partial charge in [-0.05, 0) is 25.3 Å². The van der Waals surface area contributed by atoms with Crippen molar-refractivity contribution in [2.24, 2.45) is 0 Å². The fourth-order valence-electron chi connectivity index (χ4n) is 3.67. The molecule has 6 heteroatoms. The van der Waals surface area contributed by atoms with E-state index in [0.29, 0.717) is 18.6 Å². The Morgan fingerprint density at radius 3 is 3.00 bits per heavy atom. The second-order valence-corrected chi connectivity index (χ2v) is 6.24. The molecule has 2 aromatic rings. The summed E-state index contributed by atoms with van der Waals surface area (Å²) in [5.74, 6) is 1.01. The van der Waals surface area contributed by atoms with Crippen LogP contribution in [0.3, 0.4) is 0 Å². The zero-order valence-corrected chi connectivity index (χ0v) is 12.6. The number of nitrogens with zero attached hydrogens (tertiary/aromatic N) is 5. The van der Waals surface area contributed by atoms with Crippen molar-refractivity contribution in [3.8, 4) is 6.07 Å². The molecule has 0 aromatic carbocycles. The highest BCUT2D eigenvalue weighted by molar-refractivity contribution is 5.87. The normalized spacial score (nSPS) is 22.2. The summed E-state index contributed by atoms with van der Waals surface area (Å²) in [5, 5.41) is 10.2. The van der Waals surface area contributed by atoms with E-state index < -0.39 is 0 Å². The second-order valence-electron chi connectivity index (χ2n) is 6.24. The molecule has 1 aliphatic carbocycles. The van der Waals surface area contributed by atoms with E-state index in [1.165, 1.54) is 19.3 Å². The van der Waals surface area contributed by atoms with Crippen LogP contribution >= 0.6 is 0 Å². The van der Waals surface area contributed by atoms with Gasteiger partial charge >= 0.3 is 0 Å². The highest BCUT2D eigenvalue weighted by atomic mass is 15.3. The largest absolute Gasteiger partial charge is 0.354 e. The first kappa shape index (κ1) is 13.5. The number of H-pyrrole nitrogens is 1. The van der Waals surface area contributed by atoms with Crippen LogP contribution in [0.5, 0.6) is 0 Å². The van der Waals surface area contributed by atoms with Crippen LogP contribution in [0.2, 0.25) is 0 Å². The maximum Gasteiger partial charge on any atom is 0.142 e. The van der Waals surface area contributed by atoms with Gasteiger partial charge < -0.3 is 9.88 Å². The molecule has 0 amide bonds. The predicted molar refractivity (Wildman–Crippen MR) is 84.5 cm³/mol. The average molecular weight is 296 g/mol. The van der Waals surface area contributed by atoms with Gasteiger partial charge in [-0.15, -0.1) is 0 Å². The van der Waals surface area contributed by atoms with Crippen LogP contribution in [0.4, 0.5) is 5.82 Å². The molecule has 1 saturated heterocycles. The third-order valence-corrected chi connectivity index (χ3v) is 5.06. The van der Waals surface area contributed by atoms with Crippen LogP contribution in [0.15, 0.2) is 18.6 Å². The van der Waals surface area contributed by atoms with E-state index in [-0.39, 0.29) is 0 Å². The molecule has 114 valence electrons. The number of rotatable bonds is 4. The quantitative estimate of drug-likeness (QED) is 0.873. The summed E-state index contributed by atoms with van der Waals surface area (Å²) in [6, 6.07) is 5.47. The van der Waals surface area contributed by atoms with Gasteiger partial charge in [0.05, 0.1) is 18.0 Å². The molecule has 0 spiro atoms. The lowest BCUT2D eigenvalue weighted by Crippen LogP contribution is -2.48. The first-order chi connectivity index (χ1) is 10.9. The molecule has 22 heavy (non-hydrogen) atoms. The minimum atomic E-state index is 0.467. The number of nitrogens with one attached hydrogen (secondary N) is 1. The number of aromatic nitrogens is 3. The molecule has 4 rings (SSSR count). The standard InChI is InChI=1S/C16H20N6/c17-6-9-22(12-2-1-3-12)13-5-8-21(10-13)16-14-4-7-18-15(14)19-11-20-16/h4,7,11-13H,1-3,5,8-10H2,(H,18,19,20)/t13-/m1/s1. The molecule has 2 aromatic heterocycles. The summed E-state index contributed by atoms with van der Waals surface area (Å²) >= 11 is 0. The summed E-state index contributed by atoms with van der Waals surface area (Å²) in [7, 11) is 0. The molecule has 0 bridgehead atoms. The van der Waals surface area contributed by atoms with Crippen molar-refractivity contribution in [3.63, 3.8) is 0 Å². The molecule has 0 unspecified atom stereocenters. The Hall–Kier alpha value is -2.13. The van der Waals surface area contributed by atoms with Crippen molar-refractivity contribution in [2.75, 3.05) is 24.5 Å². The Balaban J connectivity index is 1.54. The minimum Gasteiger partial charge on any atom is -0.354 e. The summed E-state index contributed by atoms with van der Waals surface area (Å²) in [4.78, 5) is 16.6. The summed E-state index contributed by atoms with van der Waals surface area (Å²) in [6.45, 7) is 2.50. The predicted octanol–water partition coefficient (Wildman–Crippen LogP) is 1.91. The molecule has 2 fully saturated rings. The monoisotopic (exact) mass is 296 g/mol. The fraction of sp³-hybridized carbons (Fsp3) is 0.562. The van der Waals surface area contributed by atoms with E-state index in [1.807, 2.05) is 12.3 Å². The maximum atomic E-state index is 9.13. The molecule has 1 aliphatic heterocycles. The third-order valence-electron chi connectivity index (χ3n) is 5.06. The lowest BCUT2D eigenvalue weighted by atomic mass is 9.90. The Morgan fingerprint density at radius 2 is 2.23 bits per heavy atom. The lowest BCUT2D eigenvalue weighted by molar-refractivity contribution is 0.103. The smallest absolute Gasteiger partial charge is 0.142 e. The Labute approximate surface area is 129 Å². The number of fused-ring (bicyclic) bond motifs is 1. The van der Waals surface area contributed by atoms with E-state index >= 15 is 0 Å². The highest BCUT2D eigenvalue weighted by Crippen LogP contribution is 2.31. The van der Waals surface area contributed by atoms with Gasteiger partial charge in [-0.2, -0.15) is 5.26 Å². The lowest BCUT2D eigenvalue weighted by Gasteiger charge is -2.39. The van der Waals surface area contributed by atoms with Crippen molar-refractivity contribution < 1.29 is 0 Å². The van der Waals surface area contributed by atoms with Crippen LogP contribution < -0.4 is 4.90 Å². The molecular weight excluding hydrogens is 276 g/mol. The van der Waals surface area contributed by atoms with Gasteiger partial charge in [0.25, 0.3) is 0 Å². The minimum absolute atomic E-state index is 0.467. The van der Waals surface area contributed by atoms with E-state index in [0.717, 1.165) is 36.4 Å². The first-order valence-corrected chi connectivity index (χ1v) is 8.02. The van der Waals surface area contributed by atoms with Gasteiger partial charge in [0.1, 0.15) is 17.8 Å². The van der Waals surface area contributed by atoms with Crippen LogP contribution in [-0.2, 0) is 0 Å². The van der Waals surface area contributed by atoms with Gasteiger partial charge in [0, 0.05) is 31.4 Å². The van der Waals surface area contributed by atoms with Crippen LogP contribution in [0.25, 0.3) is 11.0 Å². The molecule has 0 radical (unpaired) electrons. The summed E-state index contributed by atoms with van der Waals surface area (Å²) in [5.41, 5.74) is 0.890. The average Bonchev–Trinajstić information content (AvgIpc) is 3.13. The molecule has 3 heterocycles. The van der Waals surface area contributed by atoms with Crippen molar-refractivity contribution in [3.05, 3.63) is 18.6 Å². The zero-order valence-electron chi connectivity index (χ0n) is 12.6. The Bertz CT molecular complexity index is 698. The van der Waals surface area contributed by atoms with Crippen LogP contribution in [0, 0.1) is 11.3 Å². The van der Waals surface area contributed by atoms with Crippen molar-refractivity contribution in [1.29, 1.82) is 5.26 Å². The van der Waals surface area contributed by atoms with Crippen molar-refractivity contribution >= 4 is 16.9 Å². The Kier molecular flexibility index (Phi) is 3.43. The molecule has 2 aliphatic rings. The SMILES string of the molecule is N#CCN(C1CCC1)[C@@H]1CCN(c2ncnc3[nH]ccc23)C1. The zero-order chi connectivity index (χ0) is 14.9. The second kappa shape index (κ2) is 5.58. The van der Waals surface area contributed by atoms with E-state index in [1.54, 1.807) is 6.33 Å². The number of hydrogen-bond donors (Lipinski definition) is 1. The van der Waals surface area contributed by atoms with Crippen LogP contribution in [0.1, 0.15) is 25.7 Å². The topological polar surface area (TPSA) is 71.8 Å². The molecule has 1 saturated carbocycles. The molecular formula is C16H20N6. The van der Waals surface area contributed by atoms with E-state index in [4.69, 9.17) is 5.26 Å². The van der Waals surface area contributed by atoms with Crippen molar-refractivity contribution in [2.45, 2.75) is 37.8 Å². The van der Waals surface area contributed by atoms with Gasteiger partial charge in [-0.1, -0.05) is 6.42 Å². The first-order valence-electron chi connectivity index (χ1n) is 8.02. The molecule has 1 N–H and O–H groups in total. The number of anilines is 1. The number of nitriles is 1. The van der Waals surface area contributed by atoms with Gasteiger partial charge in [0.15, 0.2) is 0 Å². The van der Waals surface area contributed by atoms with Crippen LogP contribution in [-0.4, -0.2) is 51.6 Å². The van der Waals surface area contributed by atoms with E-state index in [2.05, 4.69) is 30.8 Å². The molecule has 1 atom stereocenters.